The topological polar surface area (TPSA) is 67.1 Å². The van der Waals surface area contributed by atoms with Gasteiger partial charge in [-0.15, -0.1) is 24.0 Å². The summed E-state index contributed by atoms with van der Waals surface area (Å²) < 4.78 is 1.74. The van der Waals surface area contributed by atoms with Crippen molar-refractivity contribution in [2.75, 3.05) is 13.6 Å². The highest BCUT2D eigenvalue weighted by Crippen LogP contribution is 1.90. The number of aryl methyl sites for hydroxylation is 1. The molecular weight excluding hydrogens is 331 g/mol. The Morgan fingerprint density at radius 3 is 2.65 bits per heavy atom. The maximum Gasteiger partial charge on any atom is 0.191 e. The molecule has 0 aliphatic rings. The molecule has 0 saturated heterocycles. The highest BCUT2D eigenvalue weighted by molar-refractivity contribution is 14.0. The normalized spacial score (nSPS) is 11.2. The van der Waals surface area contributed by atoms with E-state index in [1.54, 1.807) is 18.1 Å². The van der Waals surface area contributed by atoms with E-state index >= 15 is 0 Å². The molecule has 0 aliphatic carbocycles. The van der Waals surface area contributed by atoms with E-state index in [1.807, 2.05) is 7.05 Å². The zero-order valence-electron chi connectivity index (χ0n) is 10.8. The van der Waals surface area contributed by atoms with Gasteiger partial charge in [0.1, 0.15) is 12.2 Å². The molecule has 0 aromatic carbocycles. The molecule has 1 aromatic rings. The summed E-state index contributed by atoms with van der Waals surface area (Å²) in [6.45, 7) is 5.83. The van der Waals surface area contributed by atoms with Crippen molar-refractivity contribution in [2.45, 2.75) is 20.4 Å². The summed E-state index contributed by atoms with van der Waals surface area (Å²) in [5, 5.41) is 10.4. The van der Waals surface area contributed by atoms with Crippen molar-refractivity contribution >= 4 is 29.9 Å². The van der Waals surface area contributed by atoms with E-state index in [4.69, 9.17) is 0 Å². The van der Waals surface area contributed by atoms with Gasteiger partial charge in [0, 0.05) is 20.6 Å². The van der Waals surface area contributed by atoms with Crippen molar-refractivity contribution in [3.8, 4) is 0 Å². The van der Waals surface area contributed by atoms with Gasteiger partial charge in [-0.2, -0.15) is 5.10 Å². The summed E-state index contributed by atoms with van der Waals surface area (Å²) in [6.07, 6.45) is 1.54. The molecule has 1 aromatic heterocycles. The fourth-order valence-corrected chi connectivity index (χ4v) is 1.16. The van der Waals surface area contributed by atoms with Crippen molar-refractivity contribution in [2.24, 2.45) is 18.0 Å². The molecule has 98 valence electrons. The van der Waals surface area contributed by atoms with Gasteiger partial charge in [0.25, 0.3) is 0 Å². The van der Waals surface area contributed by atoms with Gasteiger partial charge in [-0.05, 0) is 5.92 Å². The van der Waals surface area contributed by atoms with Gasteiger partial charge in [0.2, 0.25) is 0 Å². The van der Waals surface area contributed by atoms with E-state index < -0.39 is 0 Å². The van der Waals surface area contributed by atoms with Crippen LogP contribution >= 0.6 is 24.0 Å². The summed E-state index contributed by atoms with van der Waals surface area (Å²) in [7, 11) is 3.63. The maximum absolute atomic E-state index is 4.13. The second-order valence-corrected chi connectivity index (χ2v) is 4.00. The van der Waals surface area contributed by atoms with E-state index in [9.17, 15) is 0 Å². The predicted molar refractivity (Wildman–Crippen MR) is 79.5 cm³/mol. The smallest absolute Gasteiger partial charge is 0.191 e. The predicted octanol–water partition coefficient (Wildman–Crippen LogP) is 0.754. The molecule has 7 heteroatoms. The Kier molecular flexibility index (Phi) is 7.85. The Balaban J connectivity index is 0.00000256. The zero-order chi connectivity index (χ0) is 12.0. The Labute approximate surface area is 119 Å². The fourth-order valence-electron chi connectivity index (χ4n) is 1.16. The average molecular weight is 352 g/mol. The molecule has 0 fully saturated rings. The van der Waals surface area contributed by atoms with Crippen molar-refractivity contribution in [1.29, 1.82) is 0 Å². The minimum atomic E-state index is 0. The number of rotatable bonds is 4. The molecule has 0 saturated carbocycles. The molecule has 17 heavy (non-hydrogen) atoms. The third-order valence-electron chi connectivity index (χ3n) is 2.12. The lowest BCUT2D eigenvalue weighted by atomic mass is 10.2. The first kappa shape index (κ1) is 16.1. The highest BCUT2D eigenvalue weighted by atomic mass is 127. The number of nitrogens with zero attached hydrogens (tertiary/aromatic N) is 4. The van der Waals surface area contributed by atoms with Gasteiger partial charge in [-0.3, -0.25) is 9.67 Å². The van der Waals surface area contributed by atoms with Crippen molar-refractivity contribution < 1.29 is 0 Å². The van der Waals surface area contributed by atoms with E-state index in [-0.39, 0.29) is 24.0 Å². The molecular formula is C10H21IN6. The molecule has 0 bridgehead atoms. The molecule has 6 nitrogen and oxygen atoms in total. The number of aliphatic imine (C=N–C) groups is 1. The first-order valence-corrected chi connectivity index (χ1v) is 5.41. The van der Waals surface area contributed by atoms with Crippen molar-refractivity contribution in [3.05, 3.63) is 12.2 Å². The van der Waals surface area contributed by atoms with E-state index in [1.165, 1.54) is 0 Å². The number of guanidine groups is 1. The summed E-state index contributed by atoms with van der Waals surface area (Å²) in [6, 6.07) is 0. The summed E-state index contributed by atoms with van der Waals surface area (Å²) in [4.78, 5) is 8.25. The third-order valence-corrected chi connectivity index (χ3v) is 2.12. The first-order valence-electron chi connectivity index (χ1n) is 5.41. The van der Waals surface area contributed by atoms with E-state index in [2.05, 4.69) is 39.6 Å². The lowest BCUT2D eigenvalue weighted by Crippen LogP contribution is -2.39. The molecule has 1 rings (SSSR count). The van der Waals surface area contributed by atoms with Crippen LogP contribution in [0.2, 0.25) is 0 Å². The van der Waals surface area contributed by atoms with E-state index in [0.717, 1.165) is 18.3 Å². The van der Waals surface area contributed by atoms with Crippen LogP contribution < -0.4 is 10.6 Å². The molecule has 0 spiro atoms. The summed E-state index contributed by atoms with van der Waals surface area (Å²) >= 11 is 0. The second kappa shape index (κ2) is 8.26. The molecule has 0 radical (unpaired) electrons. The van der Waals surface area contributed by atoms with Crippen LogP contribution in [0.25, 0.3) is 0 Å². The van der Waals surface area contributed by atoms with E-state index in [0.29, 0.717) is 12.5 Å². The number of halogens is 1. The van der Waals surface area contributed by atoms with Crippen molar-refractivity contribution in [3.63, 3.8) is 0 Å². The lowest BCUT2D eigenvalue weighted by Gasteiger charge is -2.12. The summed E-state index contributed by atoms with van der Waals surface area (Å²) in [5.74, 6) is 2.26. The van der Waals surface area contributed by atoms with Crippen LogP contribution in [0.5, 0.6) is 0 Å². The van der Waals surface area contributed by atoms with Gasteiger partial charge in [0.05, 0.1) is 6.54 Å². The van der Waals surface area contributed by atoms with Crippen LogP contribution in [-0.4, -0.2) is 34.3 Å². The van der Waals surface area contributed by atoms with Crippen molar-refractivity contribution in [1.82, 2.24) is 25.4 Å². The minimum Gasteiger partial charge on any atom is -0.356 e. The molecule has 0 aliphatic heterocycles. The maximum atomic E-state index is 4.13. The Morgan fingerprint density at radius 1 is 1.47 bits per heavy atom. The van der Waals surface area contributed by atoms with Crippen LogP contribution in [0.1, 0.15) is 19.7 Å². The van der Waals surface area contributed by atoms with Crippen LogP contribution in [-0.2, 0) is 13.6 Å². The van der Waals surface area contributed by atoms with Gasteiger partial charge in [0.15, 0.2) is 5.96 Å². The minimum absolute atomic E-state index is 0. The molecule has 2 N–H and O–H groups in total. The number of hydrogen-bond acceptors (Lipinski definition) is 3. The number of nitrogens with one attached hydrogen (secondary N) is 2. The molecule has 1 heterocycles. The van der Waals surface area contributed by atoms with Crippen LogP contribution in [0.3, 0.4) is 0 Å². The lowest BCUT2D eigenvalue weighted by molar-refractivity contribution is 0.609. The largest absolute Gasteiger partial charge is 0.356 e. The molecule has 0 unspecified atom stereocenters. The first-order chi connectivity index (χ1) is 7.63. The van der Waals surface area contributed by atoms with Crippen LogP contribution in [0.4, 0.5) is 0 Å². The highest BCUT2D eigenvalue weighted by Gasteiger charge is 2.02. The number of hydrogen-bond donors (Lipinski definition) is 2. The van der Waals surface area contributed by atoms with Gasteiger partial charge in [-0.1, -0.05) is 13.8 Å². The van der Waals surface area contributed by atoms with Gasteiger partial charge in [-0.25, -0.2) is 4.98 Å². The third kappa shape index (κ3) is 5.85. The monoisotopic (exact) mass is 352 g/mol. The molecule has 0 amide bonds. The Hall–Kier alpha value is -0.860. The quantitative estimate of drug-likeness (QED) is 0.477. The van der Waals surface area contributed by atoms with Gasteiger partial charge < -0.3 is 10.6 Å². The van der Waals surface area contributed by atoms with Crippen LogP contribution in [0.15, 0.2) is 11.3 Å². The zero-order valence-corrected chi connectivity index (χ0v) is 13.1. The summed E-state index contributed by atoms with van der Waals surface area (Å²) in [5.41, 5.74) is 0. The van der Waals surface area contributed by atoms with Gasteiger partial charge >= 0.3 is 0 Å². The number of aromatic nitrogens is 3. The fraction of sp³-hybridized carbons (Fsp3) is 0.700. The average Bonchev–Trinajstić information content (AvgIpc) is 2.64. The van der Waals surface area contributed by atoms with Crippen LogP contribution in [0, 0.1) is 5.92 Å². The molecule has 0 atom stereocenters. The SMILES string of the molecule is CN=C(NCc1ncnn1C)NCC(C)C.I. The standard InChI is InChI=1S/C10H20N6.HI/c1-8(2)5-12-10(11-3)13-6-9-14-7-15-16(9)4;/h7-8H,5-6H2,1-4H3,(H2,11,12,13);1H. The Bertz CT molecular complexity index is 346. The second-order valence-electron chi connectivity index (χ2n) is 4.00. The Morgan fingerprint density at radius 2 is 2.18 bits per heavy atom.